The molecule has 1 amide bonds. The number of carbonyl (C=O) groups excluding carboxylic acids is 1. The van der Waals surface area contributed by atoms with Gasteiger partial charge in [-0.1, -0.05) is 36.4 Å². The van der Waals surface area contributed by atoms with E-state index in [2.05, 4.69) is 15.1 Å². The second-order valence-corrected chi connectivity index (χ2v) is 8.48. The number of anilines is 1. The molecule has 0 saturated carbocycles. The van der Waals surface area contributed by atoms with Crippen molar-refractivity contribution in [3.05, 3.63) is 72.8 Å². The van der Waals surface area contributed by atoms with E-state index in [0.717, 1.165) is 33.6 Å². The van der Waals surface area contributed by atoms with Crippen LogP contribution in [0.1, 0.15) is 0 Å². The quantitative estimate of drug-likeness (QED) is 0.392. The summed E-state index contributed by atoms with van der Waals surface area (Å²) in [6, 6.07) is 23.4. The lowest BCUT2D eigenvalue weighted by molar-refractivity contribution is -0.133. The molecular formula is C28H28N4O4. The van der Waals surface area contributed by atoms with Crippen molar-refractivity contribution in [1.29, 1.82) is 0 Å². The van der Waals surface area contributed by atoms with Crippen LogP contribution in [0.3, 0.4) is 0 Å². The maximum absolute atomic E-state index is 12.8. The zero-order valence-electron chi connectivity index (χ0n) is 20.4. The number of ether oxygens (including phenoxy) is 3. The molecule has 0 aliphatic carbocycles. The third-order valence-corrected chi connectivity index (χ3v) is 6.39. The Morgan fingerprint density at radius 1 is 0.806 bits per heavy atom. The predicted octanol–water partition coefficient (Wildman–Crippen LogP) is 4.04. The first-order valence-electron chi connectivity index (χ1n) is 11.9. The summed E-state index contributed by atoms with van der Waals surface area (Å²) >= 11 is 0. The minimum Gasteiger partial charge on any atom is -0.493 e. The Balaban J connectivity index is 1.17. The highest BCUT2D eigenvalue weighted by Gasteiger charge is 2.23. The van der Waals surface area contributed by atoms with Crippen LogP contribution in [0.15, 0.2) is 72.8 Å². The van der Waals surface area contributed by atoms with Crippen LogP contribution in [0.4, 0.5) is 5.82 Å². The van der Waals surface area contributed by atoms with Crippen molar-refractivity contribution in [2.75, 3.05) is 51.9 Å². The van der Waals surface area contributed by atoms with E-state index < -0.39 is 0 Å². The van der Waals surface area contributed by atoms with Gasteiger partial charge >= 0.3 is 0 Å². The van der Waals surface area contributed by atoms with Gasteiger partial charge in [0.15, 0.2) is 23.9 Å². The molecule has 1 fully saturated rings. The fraction of sp³-hybridized carbons (Fsp3) is 0.250. The predicted molar refractivity (Wildman–Crippen MR) is 139 cm³/mol. The summed E-state index contributed by atoms with van der Waals surface area (Å²) in [7, 11) is 3.22. The van der Waals surface area contributed by atoms with Gasteiger partial charge in [0, 0.05) is 37.1 Å². The lowest BCUT2D eigenvalue weighted by Gasteiger charge is -2.35. The molecule has 0 radical (unpaired) electrons. The smallest absolute Gasteiger partial charge is 0.260 e. The van der Waals surface area contributed by atoms with Gasteiger partial charge in [-0.25, -0.2) is 0 Å². The van der Waals surface area contributed by atoms with Crippen LogP contribution >= 0.6 is 0 Å². The maximum Gasteiger partial charge on any atom is 0.260 e. The van der Waals surface area contributed by atoms with Gasteiger partial charge in [0.1, 0.15) is 5.75 Å². The summed E-state index contributed by atoms with van der Waals surface area (Å²) in [5.74, 6) is 2.81. The number of piperazine rings is 1. The highest BCUT2D eigenvalue weighted by atomic mass is 16.5. The Morgan fingerprint density at radius 2 is 1.58 bits per heavy atom. The van der Waals surface area contributed by atoms with Crippen LogP contribution in [-0.4, -0.2) is 68.0 Å². The number of hydrogen-bond donors (Lipinski definition) is 0. The van der Waals surface area contributed by atoms with E-state index in [-0.39, 0.29) is 12.5 Å². The van der Waals surface area contributed by atoms with Gasteiger partial charge in [0.05, 0.1) is 19.9 Å². The summed E-state index contributed by atoms with van der Waals surface area (Å²) < 4.78 is 16.6. The normalized spacial score (nSPS) is 13.5. The number of fused-ring (bicyclic) bond motifs is 1. The van der Waals surface area contributed by atoms with Gasteiger partial charge in [-0.15, -0.1) is 10.2 Å². The second-order valence-electron chi connectivity index (χ2n) is 8.48. The summed E-state index contributed by atoms with van der Waals surface area (Å²) in [6.45, 7) is 2.61. The molecule has 0 spiro atoms. The van der Waals surface area contributed by atoms with Gasteiger partial charge in [0.2, 0.25) is 0 Å². The molecule has 3 aromatic carbocycles. The largest absolute Gasteiger partial charge is 0.493 e. The molecule has 0 atom stereocenters. The third kappa shape index (κ3) is 4.88. The van der Waals surface area contributed by atoms with E-state index in [1.54, 1.807) is 14.2 Å². The monoisotopic (exact) mass is 484 g/mol. The van der Waals surface area contributed by atoms with Crippen LogP contribution in [-0.2, 0) is 4.79 Å². The molecule has 0 unspecified atom stereocenters. The average molecular weight is 485 g/mol. The SMILES string of the molecule is COc1ccc(-c2ccc(N3CCN(C(=O)COc4cccc5ccccc45)CC3)nn2)cc1OC. The van der Waals surface area contributed by atoms with Gasteiger partial charge in [0.25, 0.3) is 5.91 Å². The number of methoxy groups -OCH3 is 2. The number of carbonyl (C=O) groups is 1. The van der Waals surface area contributed by atoms with Crippen molar-refractivity contribution in [1.82, 2.24) is 15.1 Å². The lowest BCUT2D eigenvalue weighted by Crippen LogP contribution is -2.50. The van der Waals surface area contributed by atoms with Crippen molar-refractivity contribution in [2.45, 2.75) is 0 Å². The Hall–Kier alpha value is -4.33. The first kappa shape index (κ1) is 23.4. The van der Waals surface area contributed by atoms with E-state index >= 15 is 0 Å². The Bertz CT molecular complexity index is 1350. The van der Waals surface area contributed by atoms with Crippen molar-refractivity contribution in [3.8, 4) is 28.5 Å². The lowest BCUT2D eigenvalue weighted by atomic mass is 10.1. The minimum atomic E-state index is -0.0162. The molecule has 2 heterocycles. The molecule has 5 rings (SSSR count). The fourth-order valence-corrected chi connectivity index (χ4v) is 4.38. The van der Waals surface area contributed by atoms with Crippen LogP contribution in [0.25, 0.3) is 22.0 Å². The Kier molecular flexibility index (Phi) is 6.84. The molecule has 184 valence electrons. The summed E-state index contributed by atoms with van der Waals surface area (Å²) in [5, 5.41) is 10.9. The first-order chi connectivity index (χ1) is 17.7. The van der Waals surface area contributed by atoms with Crippen LogP contribution in [0.5, 0.6) is 17.2 Å². The van der Waals surface area contributed by atoms with E-state index in [9.17, 15) is 4.79 Å². The van der Waals surface area contributed by atoms with Crippen LogP contribution < -0.4 is 19.1 Å². The topological polar surface area (TPSA) is 77.0 Å². The zero-order valence-corrected chi connectivity index (χ0v) is 20.4. The van der Waals surface area contributed by atoms with E-state index in [1.807, 2.05) is 77.7 Å². The van der Waals surface area contributed by atoms with Crippen molar-refractivity contribution >= 4 is 22.5 Å². The highest BCUT2D eigenvalue weighted by molar-refractivity contribution is 5.88. The average Bonchev–Trinajstić information content (AvgIpc) is 2.95. The first-order valence-corrected chi connectivity index (χ1v) is 11.9. The molecule has 4 aromatic rings. The molecular weight excluding hydrogens is 456 g/mol. The van der Waals surface area contributed by atoms with Gasteiger partial charge in [-0.05, 0) is 41.8 Å². The molecule has 0 bridgehead atoms. The van der Waals surface area contributed by atoms with Gasteiger partial charge < -0.3 is 24.0 Å². The molecule has 1 aliphatic rings. The number of rotatable bonds is 7. The summed E-state index contributed by atoms with van der Waals surface area (Å²) in [6.07, 6.45) is 0. The second kappa shape index (κ2) is 10.5. The maximum atomic E-state index is 12.8. The Labute approximate surface area is 210 Å². The minimum absolute atomic E-state index is 0.0162. The Morgan fingerprint density at radius 3 is 2.33 bits per heavy atom. The zero-order chi connectivity index (χ0) is 24.9. The van der Waals surface area contributed by atoms with Crippen molar-refractivity contribution in [3.63, 3.8) is 0 Å². The molecule has 0 N–H and O–H groups in total. The molecule has 8 nitrogen and oxygen atoms in total. The molecule has 1 aliphatic heterocycles. The number of benzene rings is 3. The number of hydrogen-bond acceptors (Lipinski definition) is 7. The van der Waals surface area contributed by atoms with E-state index in [0.29, 0.717) is 37.7 Å². The highest BCUT2D eigenvalue weighted by Crippen LogP contribution is 2.31. The fourth-order valence-electron chi connectivity index (χ4n) is 4.38. The molecule has 1 saturated heterocycles. The van der Waals surface area contributed by atoms with Crippen molar-refractivity contribution < 1.29 is 19.0 Å². The van der Waals surface area contributed by atoms with E-state index in [1.165, 1.54) is 0 Å². The number of aromatic nitrogens is 2. The number of nitrogens with zero attached hydrogens (tertiary/aromatic N) is 4. The third-order valence-electron chi connectivity index (χ3n) is 6.39. The van der Waals surface area contributed by atoms with Crippen LogP contribution in [0, 0.1) is 0 Å². The standard InChI is InChI=1S/C28H28N4O4/c1-34-25-12-10-21(18-26(25)35-2)23-11-13-27(30-29-23)31-14-16-32(17-15-31)28(33)19-36-24-9-5-7-20-6-3-4-8-22(20)24/h3-13,18H,14-17,19H2,1-2H3. The molecule has 36 heavy (non-hydrogen) atoms. The van der Waals surface area contributed by atoms with Gasteiger partial charge in [-0.3, -0.25) is 4.79 Å². The van der Waals surface area contributed by atoms with Crippen molar-refractivity contribution in [2.24, 2.45) is 0 Å². The summed E-state index contributed by atoms with van der Waals surface area (Å²) in [5.41, 5.74) is 1.65. The van der Waals surface area contributed by atoms with Gasteiger partial charge in [-0.2, -0.15) is 0 Å². The van der Waals surface area contributed by atoms with E-state index in [4.69, 9.17) is 14.2 Å². The number of amides is 1. The molecule has 8 heteroatoms. The van der Waals surface area contributed by atoms with Crippen LogP contribution in [0.2, 0.25) is 0 Å². The summed E-state index contributed by atoms with van der Waals surface area (Å²) in [4.78, 5) is 16.8. The molecule has 1 aromatic heterocycles.